The van der Waals surface area contributed by atoms with Crippen molar-refractivity contribution in [3.05, 3.63) is 29.6 Å². The summed E-state index contributed by atoms with van der Waals surface area (Å²) in [6.07, 6.45) is -0.651. The van der Waals surface area contributed by atoms with Crippen LogP contribution in [0, 0.1) is 5.82 Å². The van der Waals surface area contributed by atoms with Crippen LogP contribution in [0.15, 0.2) is 18.2 Å². The van der Waals surface area contributed by atoms with Gasteiger partial charge in [-0.25, -0.2) is 4.39 Å². The number of amides is 1. The van der Waals surface area contributed by atoms with E-state index in [2.05, 4.69) is 10.6 Å². The van der Waals surface area contributed by atoms with Gasteiger partial charge in [-0.3, -0.25) is 4.79 Å². The van der Waals surface area contributed by atoms with Gasteiger partial charge in [0.15, 0.2) is 6.10 Å². The molecule has 1 amide bonds. The van der Waals surface area contributed by atoms with Gasteiger partial charge in [0.05, 0.1) is 0 Å². The average molecular weight is 254 g/mol. The van der Waals surface area contributed by atoms with Crippen LogP contribution in [0.4, 0.5) is 4.39 Å². The van der Waals surface area contributed by atoms with Crippen molar-refractivity contribution in [2.45, 2.75) is 26.0 Å². The molecule has 0 saturated heterocycles. The lowest BCUT2D eigenvalue weighted by Crippen LogP contribution is -2.33. The first kappa shape index (κ1) is 14.4. The topological polar surface area (TPSA) is 50.4 Å². The highest BCUT2D eigenvalue weighted by Crippen LogP contribution is 2.22. The summed E-state index contributed by atoms with van der Waals surface area (Å²) in [5, 5.41) is 5.44. The Kier molecular flexibility index (Phi) is 5.09. The normalized spacial score (nSPS) is 13.8. The molecule has 0 spiro atoms. The van der Waals surface area contributed by atoms with Crippen molar-refractivity contribution in [1.82, 2.24) is 10.6 Å². The quantitative estimate of drug-likeness (QED) is 0.839. The number of likely N-dealkylation sites (N-methyl/N-ethyl adjacent to an activating group) is 1. The maximum Gasteiger partial charge on any atom is 0.260 e. The van der Waals surface area contributed by atoms with Gasteiger partial charge < -0.3 is 15.4 Å². The van der Waals surface area contributed by atoms with Crippen LogP contribution in [0.5, 0.6) is 5.75 Å². The highest BCUT2D eigenvalue weighted by Gasteiger charge is 2.15. The summed E-state index contributed by atoms with van der Waals surface area (Å²) in [7, 11) is 3.29. The van der Waals surface area contributed by atoms with E-state index in [0.717, 1.165) is 0 Å². The van der Waals surface area contributed by atoms with Gasteiger partial charge in [0, 0.05) is 24.7 Å². The van der Waals surface area contributed by atoms with Crippen LogP contribution in [-0.2, 0) is 4.79 Å². The molecule has 2 N–H and O–H groups in total. The Labute approximate surface area is 107 Å². The van der Waals surface area contributed by atoms with E-state index in [-0.39, 0.29) is 17.8 Å². The zero-order chi connectivity index (χ0) is 13.7. The fourth-order valence-corrected chi connectivity index (χ4v) is 1.55. The minimum atomic E-state index is -0.651. The molecule has 0 aliphatic rings. The first-order chi connectivity index (χ1) is 8.49. The van der Waals surface area contributed by atoms with Gasteiger partial charge >= 0.3 is 0 Å². The summed E-state index contributed by atoms with van der Waals surface area (Å²) >= 11 is 0. The predicted molar refractivity (Wildman–Crippen MR) is 68.0 cm³/mol. The number of rotatable bonds is 5. The summed E-state index contributed by atoms with van der Waals surface area (Å²) in [4.78, 5) is 11.3. The van der Waals surface area contributed by atoms with E-state index in [9.17, 15) is 9.18 Å². The molecule has 0 bridgehead atoms. The minimum Gasteiger partial charge on any atom is -0.481 e. The van der Waals surface area contributed by atoms with Crippen molar-refractivity contribution in [2.75, 3.05) is 14.1 Å². The highest BCUT2D eigenvalue weighted by atomic mass is 19.1. The molecular formula is C13H19FN2O2. The number of carbonyl (C=O) groups excluding carboxylic acids is 1. The Morgan fingerprint density at radius 3 is 2.50 bits per heavy atom. The number of hydrogen-bond donors (Lipinski definition) is 2. The monoisotopic (exact) mass is 254 g/mol. The second-order valence-electron chi connectivity index (χ2n) is 4.07. The van der Waals surface area contributed by atoms with Gasteiger partial charge in [0.1, 0.15) is 11.6 Å². The van der Waals surface area contributed by atoms with Crippen molar-refractivity contribution in [1.29, 1.82) is 0 Å². The molecule has 1 aromatic rings. The molecule has 1 rings (SSSR count). The summed E-state index contributed by atoms with van der Waals surface area (Å²) in [5.41, 5.74) is 0.567. The van der Waals surface area contributed by atoms with E-state index >= 15 is 0 Å². The Morgan fingerprint density at radius 2 is 2.00 bits per heavy atom. The minimum absolute atomic E-state index is 0.0737. The third kappa shape index (κ3) is 3.43. The lowest BCUT2D eigenvalue weighted by Gasteiger charge is -2.16. The molecular weight excluding hydrogens is 235 g/mol. The van der Waals surface area contributed by atoms with E-state index in [1.54, 1.807) is 26.1 Å². The van der Waals surface area contributed by atoms with Gasteiger partial charge in [0.25, 0.3) is 5.91 Å². The van der Waals surface area contributed by atoms with E-state index in [1.165, 1.54) is 13.1 Å². The van der Waals surface area contributed by atoms with Crippen molar-refractivity contribution in [3.8, 4) is 5.75 Å². The SMILES string of the molecule is CNC(=O)C(C)Oc1ccc(C(C)NC)c(F)c1. The molecule has 100 valence electrons. The average Bonchev–Trinajstić information content (AvgIpc) is 2.37. The van der Waals surface area contributed by atoms with Crippen LogP contribution in [0.2, 0.25) is 0 Å². The fourth-order valence-electron chi connectivity index (χ4n) is 1.55. The lowest BCUT2D eigenvalue weighted by atomic mass is 10.1. The summed E-state index contributed by atoms with van der Waals surface area (Å²) < 4.78 is 19.1. The molecule has 0 aliphatic heterocycles. The van der Waals surface area contributed by atoms with Crippen LogP contribution >= 0.6 is 0 Å². The fraction of sp³-hybridized carbons (Fsp3) is 0.462. The number of benzene rings is 1. The largest absolute Gasteiger partial charge is 0.481 e. The Morgan fingerprint density at radius 1 is 1.33 bits per heavy atom. The van der Waals surface area contributed by atoms with Crippen LogP contribution in [0.1, 0.15) is 25.5 Å². The molecule has 2 atom stereocenters. The zero-order valence-corrected chi connectivity index (χ0v) is 11.1. The standard InChI is InChI=1S/C13H19FN2O2/c1-8(15-3)11-6-5-10(7-12(11)14)18-9(2)13(17)16-4/h5-9,15H,1-4H3,(H,16,17). The molecule has 0 aromatic heterocycles. The van der Waals surface area contributed by atoms with Crippen molar-refractivity contribution >= 4 is 5.91 Å². The number of halogens is 1. The molecule has 2 unspecified atom stereocenters. The Bertz CT molecular complexity index is 423. The van der Waals surface area contributed by atoms with Crippen molar-refractivity contribution in [3.63, 3.8) is 0 Å². The molecule has 1 aromatic carbocycles. The Hall–Kier alpha value is -1.62. The molecule has 5 heteroatoms. The van der Waals surface area contributed by atoms with Gasteiger partial charge in [-0.2, -0.15) is 0 Å². The van der Waals surface area contributed by atoms with Crippen LogP contribution in [0.3, 0.4) is 0 Å². The number of carbonyl (C=O) groups is 1. The van der Waals surface area contributed by atoms with E-state index in [0.29, 0.717) is 11.3 Å². The molecule has 0 saturated carbocycles. The van der Waals surface area contributed by atoms with Gasteiger partial charge in [0.2, 0.25) is 0 Å². The second-order valence-corrected chi connectivity index (χ2v) is 4.07. The van der Waals surface area contributed by atoms with Gasteiger partial charge in [-0.05, 0) is 27.0 Å². The number of hydrogen-bond acceptors (Lipinski definition) is 3. The maximum absolute atomic E-state index is 13.8. The molecule has 0 heterocycles. The first-order valence-electron chi connectivity index (χ1n) is 5.84. The molecule has 18 heavy (non-hydrogen) atoms. The van der Waals surface area contributed by atoms with Crippen LogP contribution in [0.25, 0.3) is 0 Å². The highest BCUT2D eigenvalue weighted by molar-refractivity contribution is 5.80. The van der Waals surface area contributed by atoms with Gasteiger partial charge in [-0.15, -0.1) is 0 Å². The zero-order valence-electron chi connectivity index (χ0n) is 11.1. The predicted octanol–water partition coefficient (Wildman–Crippen LogP) is 1.62. The van der Waals surface area contributed by atoms with E-state index < -0.39 is 6.10 Å². The van der Waals surface area contributed by atoms with Crippen molar-refractivity contribution < 1.29 is 13.9 Å². The molecule has 4 nitrogen and oxygen atoms in total. The third-order valence-electron chi connectivity index (χ3n) is 2.80. The lowest BCUT2D eigenvalue weighted by molar-refractivity contribution is -0.126. The van der Waals surface area contributed by atoms with Crippen LogP contribution in [-0.4, -0.2) is 26.1 Å². The maximum atomic E-state index is 13.8. The third-order valence-corrected chi connectivity index (χ3v) is 2.80. The van der Waals surface area contributed by atoms with Crippen molar-refractivity contribution in [2.24, 2.45) is 0 Å². The molecule has 0 fully saturated rings. The first-order valence-corrected chi connectivity index (χ1v) is 5.84. The Balaban J connectivity index is 2.81. The summed E-state index contributed by atoms with van der Waals surface area (Å²) in [6, 6.07) is 4.53. The summed E-state index contributed by atoms with van der Waals surface area (Å²) in [6.45, 7) is 3.48. The second kappa shape index (κ2) is 6.35. The molecule has 0 radical (unpaired) electrons. The van der Waals surface area contributed by atoms with E-state index in [4.69, 9.17) is 4.74 Å². The van der Waals surface area contributed by atoms with E-state index in [1.807, 2.05) is 6.92 Å². The van der Waals surface area contributed by atoms with Crippen LogP contribution < -0.4 is 15.4 Å². The summed E-state index contributed by atoms with van der Waals surface area (Å²) in [5.74, 6) is -0.253. The molecule has 0 aliphatic carbocycles. The number of nitrogens with one attached hydrogen (secondary N) is 2. The number of ether oxygens (including phenoxy) is 1. The smallest absolute Gasteiger partial charge is 0.260 e. The van der Waals surface area contributed by atoms with Gasteiger partial charge in [-0.1, -0.05) is 6.07 Å².